The van der Waals surface area contributed by atoms with Crippen LogP contribution in [0.25, 0.3) is 0 Å². The van der Waals surface area contributed by atoms with Gasteiger partial charge in [0.25, 0.3) is 0 Å². The van der Waals surface area contributed by atoms with E-state index in [1.807, 2.05) is 36.4 Å². The van der Waals surface area contributed by atoms with Gasteiger partial charge in [0.15, 0.2) is 0 Å². The fourth-order valence-corrected chi connectivity index (χ4v) is 4.31. The highest BCUT2D eigenvalue weighted by Gasteiger charge is 2.30. The molecular formula is C26H21FN4O2S. The SMILES string of the molecule is N#Cc1ccc(C(c2cccnc2)[C@@H](c2ccc(F)cc2)c2cccc(CN[SH](=O)=O)n2)cc1. The average Bonchev–Trinajstić information content (AvgIpc) is 2.87. The Kier molecular flexibility index (Phi) is 7.38. The third-order valence-corrected chi connectivity index (χ3v) is 5.96. The summed E-state index contributed by atoms with van der Waals surface area (Å²) in [6, 6.07) is 25.0. The van der Waals surface area contributed by atoms with Crippen LogP contribution in [0.1, 0.15) is 45.5 Å². The van der Waals surface area contributed by atoms with Crippen molar-refractivity contribution in [2.75, 3.05) is 0 Å². The van der Waals surface area contributed by atoms with Gasteiger partial charge in [-0.05, 0) is 59.2 Å². The van der Waals surface area contributed by atoms with Crippen LogP contribution in [-0.2, 0) is 17.4 Å². The van der Waals surface area contributed by atoms with Crippen LogP contribution >= 0.6 is 0 Å². The lowest BCUT2D eigenvalue weighted by molar-refractivity contribution is 0.600. The van der Waals surface area contributed by atoms with Gasteiger partial charge in [-0.15, -0.1) is 0 Å². The predicted molar refractivity (Wildman–Crippen MR) is 127 cm³/mol. The minimum atomic E-state index is -2.75. The van der Waals surface area contributed by atoms with E-state index in [0.29, 0.717) is 17.0 Å². The Labute approximate surface area is 198 Å². The van der Waals surface area contributed by atoms with Crippen LogP contribution in [0, 0.1) is 17.1 Å². The summed E-state index contributed by atoms with van der Waals surface area (Å²) in [6.45, 7) is 0.0666. The quantitative estimate of drug-likeness (QED) is 0.377. The van der Waals surface area contributed by atoms with Gasteiger partial charge in [0, 0.05) is 29.9 Å². The van der Waals surface area contributed by atoms with Crippen molar-refractivity contribution in [3.05, 3.63) is 131 Å². The van der Waals surface area contributed by atoms with Gasteiger partial charge in [-0.25, -0.2) is 17.5 Å². The lowest BCUT2D eigenvalue weighted by atomic mass is 9.75. The molecular weight excluding hydrogens is 451 g/mol. The van der Waals surface area contributed by atoms with Crippen LogP contribution in [0.2, 0.25) is 0 Å². The summed E-state index contributed by atoms with van der Waals surface area (Å²) in [4.78, 5) is 9.06. The molecule has 0 radical (unpaired) electrons. The number of nitrogens with zero attached hydrogens (tertiary/aromatic N) is 3. The third kappa shape index (κ3) is 5.52. The molecule has 0 saturated heterocycles. The highest BCUT2D eigenvalue weighted by Crippen LogP contribution is 2.42. The van der Waals surface area contributed by atoms with Crippen LogP contribution < -0.4 is 4.72 Å². The Morgan fingerprint density at radius 2 is 1.59 bits per heavy atom. The van der Waals surface area contributed by atoms with Gasteiger partial charge in [-0.2, -0.15) is 5.26 Å². The Bertz CT molecular complexity index is 1360. The molecule has 0 aliphatic rings. The van der Waals surface area contributed by atoms with Crippen LogP contribution in [0.15, 0.2) is 91.3 Å². The molecule has 6 nitrogen and oxygen atoms in total. The van der Waals surface area contributed by atoms with Gasteiger partial charge in [-0.3, -0.25) is 9.97 Å². The van der Waals surface area contributed by atoms with Gasteiger partial charge in [0.1, 0.15) is 5.82 Å². The number of hydrogen-bond donors (Lipinski definition) is 2. The molecule has 2 heterocycles. The summed E-state index contributed by atoms with van der Waals surface area (Å²) < 4.78 is 38.2. The van der Waals surface area contributed by atoms with E-state index in [1.165, 1.54) is 12.1 Å². The first-order chi connectivity index (χ1) is 16.5. The van der Waals surface area contributed by atoms with Crippen molar-refractivity contribution in [3.8, 4) is 6.07 Å². The number of aromatic nitrogens is 2. The first-order valence-electron chi connectivity index (χ1n) is 10.5. The van der Waals surface area contributed by atoms with E-state index < -0.39 is 10.9 Å². The molecule has 170 valence electrons. The van der Waals surface area contributed by atoms with E-state index in [2.05, 4.69) is 15.8 Å². The monoisotopic (exact) mass is 472 g/mol. The number of halogens is 1. The van der Waals surface area contributed by atoms with Crippen molar-refractivity contribution in [2.24, 2.45) is 0 Å². The van der Waals surface area contributed by atoms with Gasteiger partial charge in [0.2, 0.25) is 10.9 Å². The maximum Gasteiger partial charge on any atom is 0.201 e. The molecule has 2 atom stereocenters. The molecule has 0 bridgehead atoms. The smallest absolute Gasteiger partial charge is 0.201 e. The highest BCUT2D eigenvalue weighted by molar-refractivity contribution is 7.70. The maximum atomic E-state index is 13.8. The first kappa shape index (κ1) is 23.2. The lowest BCUT2D eigenvalue weighted by Gasteiger charge is -2.28. The summed E-state index contributed by atoms with van der Waals surface area (Å²) in [5.41, 5.74) is 4.51. The average molecular weight is 473 g/mol. The second kappa shape index (κ2) is 10.8. The molecule has 0 amide bonds. The standard InChI is InChI=1S/C26H21FN4O2S/c27-22-12-10-20(11-13-22)26(24-5-1-4-23(31-24)17-30-34(32)33)25(21-3-2-14-29-16-21)19-8-6-18(15-28)7-9-19/h1-14,16,25-26,34H,17H2,(H,30,32,33)/t25?,26-/m0/s1. The second-order valence-corrected chi connectivity index (χ2v) is 8.50. The Hall–Kier alpha value is -3.93. The van der Waals surface area contributed by atoms with E-state index in [9.17, 15) is 18.1 Å². The Morgan fingerprint density at radius 1 is 0.882 bits per heavy atom. The summed E-state index contributed by atoms with van der Waals surface area (Å²) >= 11 is 0. The van der Waals surface area contributed by atoms with E-state index >= 15 is 0 Å². The lowest BCUT2D eigenvalue weighted by Crippen LogP contribution is -2.18. The number of benzene rings is 2. The zero-order valence-electron chi connectivity index (χ0n) is 18.0. The molecule has 2 aromatic heterocycles. The summed E-state index contributed by atoms with van der Waals surface area (Å²) in [7, 11) is -2.75. The van der Waals surface area contributed by atoms with Gasteiger partial charge < -0.3 is 0 Å². The van der Waals surface area contributed by atoms with Crippen LogP contribution in [-0.4, -0.2) is 18.4 Å². The van der Waals surface area contributed by atoms with Crippen LogP contribution in [0.5, 0.6) is 0 Å². The third-order valence-electron chi connectivity index (χ3n) is 5.54. The second-order valence-electron chi connectivity index (χ2n) is 7.67. The number of thiol groups is 1. The number of nitrogens with one attached hydrogen (secondary N) is 1. The van der Waals surface area contributed by atoms with E-state index in [4.69, 9.17) is 4.98 Å². The number of hydrogen-bond acceptors (Lipinski definition) is 5. The summed E-state index contributed by atoms with van der Waals surface area (Å²) in [6.07, 6.45) is 3.48. The molecule has 0 aliphatic heterocycles. The van der Waals surface area contributed by atoms with Gasteiger partial charge in [0.05, 0.1) is 23.9 Å². The van der Waals surface area contributed by atoms with Gasteiger partial charge in [-0.1, -0.05) is 36.4 Å². The Morgan fingerprint density at radius 3 is 2.24 bits per heavy atom. The van der Waals surface area contributed by atoms with Crippen LogP contribution in [0.4, 0.5) is 4.39 Å². The minimum Gasteiger partial charge on any atom is -0.264 e. The van der Waals surface area contributed by atoms with Crippen molar-refractivity contribution < 1.29 is 12.8 Å². The fraction of sp³-hybridized carbons (Fsp3) is 0.115. The molecule has 1 unspecified atom stereocenters. The molecule has 4 aromatic rings. The molecule has 0 fully saturated rings. The van der Waals surface area contributed by atoms with E-state index in [0.717, 1.165) is 16.7 Å². The topological polar surface area (TPSA) is 95.7 Å². The zero-order valence-corrected chi connectivity index (χ0v) is 18.9. The minimum absolute atomic E-state index is 0.0666. The molecule has 4 rings (SSSR count). The van der Waals surface area contributed by atoms with E-state index in [1.54, 1.807) is 42.7 Å². The van der Waals surface area contributed by atoms with Crippen molar-refractivity contribution in [1.82, 2.24) is 14.7 Å². The van der Waals surface area contributed by atoms with E-state index in [-0.39, 0.29) is 24.2 Å². The Balaban J connectivity index is 1.90. The molecule has 0 aliphatic carbocycles. The number of rotatable bonds is 8. The molecule has 2 aromatic carbocycles. The predicted octanol–water partition coefficient (Wildman–Crippen LogP) is 4.07. The molecule has 0 spiro atoms. The highest BCUT2D eigenvalue weighted by atomic mass is 32.2. The molecule has 34 heavy (non-hydrogen) atoms. The molecule has 0 saturated carbocycles. The van der Waals surface area contributed by atoms with Crippen LogP contribution in [0.3, 0.4) is 0 Å². The largest absolute Gasteiger partial charge is 0.264 e. The van der Waals surface area contributed by atoms with Crippen molar-refractivity contribution >= 4 is 10.9 Å². The molecule has 1 N–H and O–H groups in total. The van der Waals surface area contributed by atoms with Crippen molar-refractivity contribution in [1.29, 1.82) is 5.26 Å². The normalized spacial score (nSPS) is 12.7. The maximum absolute atomic E-state index is 13.8. The van der Waals surface area contributed by atoms with Crippen molar-refractivity contribution in [2.45, 2.75) is 18.4 Å². The zero-order chi connectivity index (χ0) is 23.9. The fourth-order valence-electron chi connectivity index (χ4n) is 4.02. The molecule has 8 heteroatoms. The number of pyridine rings is 2. The summed E-state index contributed by atoms with van der Waals surface area (Å²) in [5.74, 6) is -0.929. The summed E-state index contributed by atoms with van der Waals surface area (Å²) in [5, 5.41) is 9.24. The number of nitriles is 1. The van der Waals surface area contributed by atoms with Gasteiger partial charge >= 0.3 is 0 Å². The van der Waals surface area contributed by atoms with Crippen molar-refractivity contribution in [3.63, 3.8) is 0 Å². The first-order valence-corrected chi connectivity index (χ1v) is 11.7.